The monoisotopic (exact) mass is 478 g/mol. The average molecular weight is 479 g/mol. The predicted molar refractivity (Wildman–Crippen MR) is 134 cm³/mol. The highest BCUT2D eigenvalue weighted by atomic mass is 32.1. The van der Waals surface area contributed by atoms with Crippen LogP contribution in [-0.2, 0) is 17.8 Å². The highest BCUT2D eigenvalue weighted by Gasteiger charge is 2.22. The van der Waals surface area contributed by atoms with Gasteiger partial charge in [-0.2, -0.15) is 0 Å². The molecule has 0 N–H and O–H groups in total. The molecule has 6 nitrogen and oxygen atoms in total. The summed E-state index contributed by atoms with van der Waals surface area (Å²) < 4.78 is 6.42. The number of ether oxygens (including phenoxy) is 1. The van der Waals surface area contributed by atoms with Crippen molar-refractivity contribution in [3.8, 4) is 16.3 Å². The second-order valence-corrected chi connectivity index (χ2v) is 10.1. The Labute approximate surface area is 201 Å². The van der Waals surface area contributed by atoms with E-state index in [1.165, 1.54) is 4.70 Å². The molecule has 2 aromatic heterocycles. The second-order valence-electron chi connectivity index (χ2n) is 8.10. The Hall–Kier alpha value is -2.81. The van der Waals surface area contributed by atoms with Gasteiger partial charge in [0.15, 0.2) is 0 Å². The molecule has 170 valence electrons. The average Bonchev–Trinajstić information content (AvgIpc) is 3.50. The normalized spacial score (nSPS) is 14.6. The molecule has 0 bridgehead atoms. The van der Waals surface area contributed by atoms with Crippen LogP contribution < -0.4 is 4.74 Å². The number of fused-ring (bicyclic) bond motifs is 1. The van der Waals surface area contributed by atoms with Gasteiger partial charge in [-0.15, -0.1) is 22.7 Å². The Bertz CT molecular complexity index is 1190. The van der Waals surface area contributed by atoms with Gasteiger partial charge in [-0.05, 0) is 36.4 Å². The first kappa shape index (κ1) is 22.0. The molecule has 0 spiro atoms. The number of methoxy groups -OCH3 is 1. The van der Waals surface area contributed by atoms with Gasteiger partial charge >= 0.3 is 0 Å². The molecular formula is C25H26N4O2S2. The van der Waals surface area contributed by atoms with Gasteiger partial charge in [0.05, 0.1) is 28.0 Å². The maximum absolute atomic E-state index is 12.7. The number of amides is 1. The molecular weight excluding hydrogens is 452 g/mol. The van der Waals surface area contributed by atoms with Crippen LogP contribution in [0, 0.1) is 0 Å². The molecule has 5 rings (SSSR count). The van der Waals surface area contributed by atoms with Gasteiger partial charge in [-0.3, -0.25) is 9.69 Å². The van der Waals surface area contributed by atoms with Crippen molar-refractivity contribution in [3.05, 3.63) is 64.6 Å². The molecule has 0 unspecified atom stereocenters. The third-order valence-electron chi connectivity index (χ3n) is 5.89. The van der Waals surface area contributed by atoms with E-state index in [-0.39, 0.29) is 5.91 Å². The Morgan fingerprint density at radius 1 is 1.03 bits per heavy atom. The molecule has 0 saturated carbocycles. The summed E-state index contributed by atoms with van der Waals surface area (Å²) in [6.07, 6.45) is 1.24. The van der Waals surface area contributed by atoms with Crippen LogP contribution in [0.5, 0.6) is 5.75 Å². The number of thiazole rings is 2. The quantitative estimate of drug-likeness (QED) is 0.385. The number of para-hydroxylation sites is 1. The number of rotatable bonds is 7. The Balaban J connectivity index is 1.09. The molecule has 1 fully saturated rings. The second kappa shape index (κ2) is 9.99. The van der Waals surface area contributed by atoms with E-state index in [1.54, 1.807) is 29.8 Å². The Morgan fingerprint density at radius 3 is 2.58 bits per heavy atom. The zero-order chi connectivity index (χ0) is 22.6. The van der Waals surface area contributed by atoms with Gasteiger partial charge in [-0.1, -0.05) is 12.1 Å². The van der Waals surface area contributed by atoms with Crippen molar-refractivity contribution in [3.63, 3.8) is 0 Å². The van der Waals surface area contributed by atoms with Crippen molar-refractivity contribution in [2.75, 3.05) is 33.3 Å². The number of hydrogen-bond donors (Lipinski definition) is 0. The Kier molecular flexibility index (Phi) is 6.66. The number of benzene rings is 2. The molecule has 1 aliphatic heterocycles. The fourth-order valence-electron chi connectivity index (χ4n) is 4.03. The summed E-state index contributed by atoms with van der Waals surface area (Å²) in [7, 11) is 1.67. The van der Waals surface area contributed by atoms with E-state index in [0.717, 1.165) is 65.3 Å². The van der Waals surface area contributed by atoms with E-state index in [4.69, 9.17) is 9.72 Å². The highest BCUT2D eigenvalue weighted by Crippen LogP contribution is 2.26. The van der Waals surface area contributed by atoms with Crippen LogP contribution in [0.1, 0.15) is 17.1 Å². The van der Waals surface area contributed by atoms with Crippen molar-refractivity contribution in [1.29, 1.82) is 0 Å². The standard InChI is InChI=1S/C25H26N4O2S2/c1-31-20-8-6-18(7-9-20)25-26-19(17-32-25)16-28-12-14-29(15-13-28)24(30)11-10-23-27-21-4-2-3-5-22(21)33-23/h2-9,17H,10-16H2,1H3. The molecule has 2 aromatic carbocycles. The molecule has 4 aromatic rings. The molecule has 1 saturated heterocycles. The Morgan fingerprint density at radius 2 is 1.82 bits per heavy atom. The fourth-order valence-corrected chi connectivity index (χ4v) is 5.81. The van der Waals surface area contributed by atoms with E-state index in [1.807, 2.05) is 47.4 Å². The largest absolute Gasteiger partial charge is 0.497 e. The van der Waals surface area contributed by atoms with Gasteiger partial charge in [0.1, 0.15) is 10.8 Å². The summed E-state index contributed by atoms with van der Waals surface area (Å²) >= 11 is 3.36. The minimum absolute atomic E-state index is 0.226. The molecule has 1 amide bonds. The zero-order valence-electron chi connectivity index (χ0n) is 18.6. The number of carbonyl (C=O) groups excluding carboxylic acids is 1. The van der Waals surface area contributed by atoms with Gasteiger partial charge in [0.2, 0.25) is 5.91 Å². The van der Waals surface area contributed by atoms with Crippen LogP contribution in [0.3, 0.4) is 0 Å². The SMILES string of the molecule is COc1ccc(-c2nc(CN3CCN(C(=O)CCc4nc5ccccc5s4)CC3)cs2)cc1. The number of piperazine rings is 1. The minimum Gasteiger partial charge on any atom is -0.497 e. The molecule has 3 heterocycles. The number of aryl methyl sites for hydroxylation is 1. The lowest BCUT2D eigenvalue weighted by molar-refractivity contribution is -0.133. The van der Waals surface area contributed by atoms with Crippen LogP contribution >= 0.6 is 22.7 Å². The summed E-state index contributed by atoms with van der Waals surface area (Å²) in [5.74, 6) is 1.08. The molecule has 0 aliphatic carbocycles. The van der Waals surface area contributed by atoms with Crippen molar-refractivity contribution in [2.45, 2.75) is 19.4 Å². The lowest BCUT2D eigenvalue weighted by Gasteiger charge is -2.34. The van der Waals surface area contributed by atoms with Gasteiger partial charge < -0.3 is 9.64 Å². The molecule has 0 atom stereocenters. The smallest absolute Gasteiger partial charge is 0.223 e. The molecule has 8 heteroatoms. The first-order valence-corrected chi connectivity index (χ1v) is 12.8. The van der Waals surface area contributed by atoms with Crippen LogP contribution in [0.4, 0.5) is 0 Å². The van der Waals surface area contributed by atoms with Crippen molar-refractivity contribution in [1.82, 2.24) is 19.8 Å². The van der Waals surface area contributed by atoms with E-state index >= 15 is 0 Å². The fraction of sp³-hybridized carbons (Fsp3) is 0.320. The van der Waals surface area contributed by atoms with Crippen LogP contribution in [0.25, 0.3) is 20.8 Å². The molecule has 33 heavy (non-hydrogen) atoms. The van der Waals surface area contributed by atoms with Crippen molar-refractivity contribution < 1.29 is 9.53 Å². The van der Waals surface area contributed by atoms with E-state index in [9.17, 15) is 4.79 Å². The van der Waals surface area contributed by atoms with E-state index in [0.29, 0.717) is 12.8 Å². The molecule has 0 radical (unpaired) electrons. The lowest BCUT2D eigenvalue weighted by Crippen LogP contribution is -2.48. The maximum Gasteiger partial charge on any atom is 0.223 e. The summed E-state index contributed by atoms with van der Waals surface area (Å²) in [5.41, 5.74) is 3.22. The first-order chi connectivity index (χ1) is 16.2. The van der Waals surface area contributed by atoms with Gasteiger partial charge in [0.25, 0.3) is 0 Å². The predicted octanol–water partition coefficient (Wildman–Crippen LogP) is 4.71. The van der Waals surface area contributed by atoms with Crippen LogP contribution in [0.15, 0.2) is 53.9 Å². The summed E-state index contributed by atoms with van der Waals surface area (Å²) in [6.45, 7) is 4.12. The maximum atomic E-state index is 12.7. The minimum atomic E-state index is 0.226. The van der Waals surface area contributed by atoms with Crippen LogP contribution in [0.2, 0.25) is 0 Å². The van der Waals surface area contributed by atoms with Crippen LogP contribution in [-0.4, -0.2) is 59.0 Å². The summed E-state index contributed by atoms with van der Waals surface area (Å²) in [4.78, 5) is 26.6. The van der Waals surface area contributed by atoms with Crippen molar-refractivity contribution in [2.24, 2.45) is 0 Å². The first-order valence-electron chi connectivity index (χ1n) is 11.1. The lowest BCUT2D eigenvalue weighted by atomic mass is 10.2. The third kappa shape index (κ3) is 5.24. The highest BCUT2D eigenvalue weighted by molar-refractivity contribution is 7.18. The summed E-state index contributed by atoms with van der Waals surface area (Å²) in [6, 6.07) is 16.1. The van der Waals surface area contributed by atoms with Gasteiger partial charge in [-0.25, -0.2) is 9.97 Å². The number of hydrogen-bond acceptors (Lipinski definition) is 7. The van der Waals surface area contributed by atoms with Gasteiger partial charge in [0, 0.05) is 56.5 Å². The number of aromatic nitrogens is 2. The van der Waals surface area contributed by atoms with Crippen molar-refractivity contribution >= 4 is 38.8 Å². The zero-order valence-corrected chi connectivity index (χ0v) is 20.2. The van der Waals surface area contributed by atoms with E-state index < -0.39 is 0 Å². The third-order valence-corrected chi connectivity index (χ3v) is 7.93. The topological polar surface area (TPSA) is 58.6 Å². The summed E-state index contributed by atoms with van der Waals surface area (Å²) in [5, 5.41) is 4.20. The molecule has 1 aliphatic rings. The van der Waals surface area contributed by atoms with E-state index in [2.05, 4.69) is 21.3 Å². The number of nitrogens with zero attached hydrogens (tertiary/aromatic N) is 4. The number of carbonyl (C=O) groups is 1.